The monoisotopic (exact) mass is 315 g/mol. The van der Waals surface area contributed by atoms with Crippen LogP contribution >= 0.6 is 27.3 Å². The molecular weight excluding hydrogens is 294 g/mol. The molecule has 0 aliphatic heterocycles. The lowest BCUT2D eigenvalue weighted by molar-refractivity contribution is 0.235. The molecule has 0 radical (unpaired) electrons. The van der Waals surface area contributed by atoms with Crippen LogP contribution in [-0.4, -0.2) is 6.54 Å². The Labute approximate surface area is 117 Å². The van der Waals surface area contributed by atoms with E-state index in [0.717, 1.165) is 18.4 Å². The van der Waals surface area contributed by atoms with Crippen molar-refractivity contribution in [3.63, 3.8) is 0 Å². The van der Waals surface area contributed by atoms with Gasteiger partial charge in [-0.3, -0.25) is 0 Å². The molecule has 1 heterocycles. The van der Waals surface area contributed by atoms with Gasteiger partial charge in [0.25, 0.3) is 0 Å². The van der Waals surface area contributed by atoms with Crippen molar-refractivity contribution in [1.29, 1.82) is 0 Å². The largest absolute Gasteiger partial charge is 0.309 e. The highest BCUT2D eigenvalue weighted by Crippen LogP contribution is 2.39. The number of rotatable bonds is 4. The van der Waals surface area contributed by atoms with Gasteiger partial charge in [0.15, 0.2) is 0 Å². The minimum absolute atomic E-state index is 0.573. The molecule has 0 bridgehead atoms. The van der Waals surface area contributed by atoms with E-state index in [-0.39, 0.29) is 0 Å². The zero-order valence-electron chi connectivity index (χ0n) is 10.7. The zero-order chi connectivity index (χ0) is 12.3. The van der Waals surface area contributed by atoms with E-state index >= 15 is 0 Å². The molecule has 17 heavy (non-hydrogen) atoms. The summed E-state index contributed by atoms with van der Waals surface area (Å²) < 4.78 is 1.25. The molecule has 96 valence electrons. The van der Waals surface area contributed by atoms with Gasteiger partial charge < -0.3 is 5.32 Å². The number of nitrogens with one attached hydrogen (secondary N) is 1. The summed E-state index contributed by atoms with van der Waals surface area (Å²) in [5, 5.41) is 3.69. The third kappa shape index (κ3) is 3.55. The van der Waals surface area contributed by atoms with Crippen molar-refractivity contribution in [1.82, 2.24) is 5.32 Å². The van der Waals surface area contributed by atoms with Gasteiger partial charge in [-0.1, -0.05) is 26.7 Å². The van der Waals surface area contributed by atoms with Gasteiger partial charge >= 0.3 is 0 Å². The van der Waals surface area contributed by atoms with E-state index in [0.29, 0.717) is 6.04 Å². The molecule has 2 rings (SSSR count). The fourth-order valence-corrected chi connectivity index (χ4v) is 4.43. The smallest absolute Gasteiger partial charge is 0.0701 e. The van der Waals surface area contributed by atoms with Crippen LogP contribution in [0.3, 0.4) is 0 Å². The van der Waals surface area contributed by atoms with Crippen LogP contribution in [0.4, 0.5) is 0 Å². The Morgan fingerprint density at radius 2 is 2.06 bits per heavy atom. The maximum atomic E-state index is 3.69. The van der Waals surface area contributed by atoms with Crippen LogP contribution in [0.1, 0.15) is 50.4 Å². The molecule has 1 nitrogen and oxygen atoms in total. The second-order valence-corrected chi connectivity index (χ2v) is 7.69. The zero-order valence-corrected chi connectivity index (χ0v) is 13.1. The first-order valence-electron chi connectivity index (χ1n) is 6.69. The highest BCUT2D eigenvalue weighted by molar-refractivity contribution is 9.11. The standard InChI is InChI=1S/C14H22BrNS/c1-3-16-14(12-8-9-13(15)17-12)11-6-4-10(2)5-7-11/h8-11,14,16H,3-7H2,1-2H3. The van der Waals surface area contributed by atoms with Gasteiger partial charge in [-0.05, 0) is 59.3 Å². The van der Waals surface area contributed by atoms with Crippen LogP contribution < -0.4 is 5.32 Å². The predicted molar refractivity (Wildman–Crippen MR) is 79.6 cm³/mol. The van der Waals surface area contributed by atoms with Crippen molar-refractivity contribution in [2.24, 2.45) is 11.8 Å². The van der Waals surface area contributed by atoms with E-state index in [1.165, 1.54) is 34.3 Å². The van der Waals surface area contributed by atoms with E-state index < -0.39 is 0 Å². The second-order valence-electron chi connectivity index (χ2n) is 5.20. The molecule has 1 saturated carbocycles. The molecule has 1 aliphatic rings. The Balaban J connectivity index is 2.06. The molecule has 1 aliphatic carbocycles. The molecule has 0 saturated heterocycles. The maximum Gasteiger partial charge on any atom is 0.0701 e. The fourth-order valence-electron chi connectivity index (χ4n) is 2.83. The summed E-state index contributed by atoms with van der Waals surface area (Å²) in [7, 11) is 0. The second kappa shape index (κ2) is 6.35. The Bertz CT molecular complexity index is 342. The Kier molecular flexibility index (Phi) is 5.07. The Morgan fingerprint density at radius 1 is 1.35 bits per heavy atom. The van der Waals surface area contributed by atoms with Gasteiger partial charge in [0.1, 0.15) is 0 Å². The summed E-state index contributed by atoms with van der Waals surface area (Å²) in [6.45, 7) is 5.66. The minimum atomic E-state index is 0.573. The maximum absolute atomic E-state index is 3.69. The number of thiophene rings is 1. The molecule has 1 aromatic heterocycles. The van der Waals surface area contributed by atoms with Gasteiger partial charge in [0.2, 0.25) is 0 Å². The quantitative estimate of drug-likeness (QED) is 0.825. The lowest BCUT2D eigenvalue weighted by Crippen LogP contribution is -2.30. The van der Waals surface area contributed by atoms with Crippen LogP contribution in [0.5, 0.6) is 0 Å². The first kappa shape index (κ1) is 13.6. The van der Waals surface area contributed by atoms with Gasteiger partial charge in [-0.25, -0.2) is 0 Å². The molecular formula is C14H22BrNS. The van der Waals surface area contributed by atoms with Gasteiger partial charge in [-0.2, -0.15) is 0 Å². The first-order chi connectivity index (χ1) is 8.20. The molecule has 1 unspecified atom stereocenters. The highest BCUT2D eigenvalue weighted by Gasteiger charge is 2.27. The van der Waals surface area contributed by atoms with Crippen LogP contribution in [0.25, 0.3) is 0 Å². The Hall–Kier alpha value is 0.140. The predicted octanol–water partition coefficient (Wildman–Crippen LogP) is 4.99. The molecule has 0 spiro atoms. The molecule has 0 amide bonds. The third-order valence-electron chi connectivity index (χ3n) is 3.86. The van der Waals surface area contributed by atoms with Crippen LogP contribution in [-0.2, 0) is 0 Å². The highest BCUT2D eigenvalue weighted by atomic mass is 79.9. The van der Waals surface area contributed by atoms with Crippen molar-refractivity contribution in [3.8, 4) is 0 Å². The van der Waals surface area contributed by atoms with Crippen molar-refractivity contribution < 1.29 is 0 Å². The molecule has 1 aromatic rings. The summed E-state index contributed by atoms with van der Waals surface area (Å²) in [6.07, 6.45) is 5.57. The lowest BCUT2D eigenvalue weighted by Gasteiger charge is -2.32. The van der Waals surface area contributed by atoms with Crippen molar-refractivity contribution in [2.75, 3.05) is 6.54 Å². The number of hydrogen-bond donors (Lipinski definition) is 1. The molecule has 1 fully saturated rings. The molecule has 0 aromatic carbocycles. The van der Waals surface area contributed by atoms with Crippen molar-refractivity contribution in [3.05, 3.63) is 20.8 Å². The van der Waals surface area contributed by atoms with Crippen molar-refractivity contribution in [2.45, 2.75) is 45.6 Å². The van der Waals surface area contributed by atoms with E-state index in [4.69, 9.17) is 0 Å². The van der Waals surface area contributed by atoms with Gasteiger partial charge in [0, 0.05) is 10.9 Å². The van der Waals surface area contributed by atoms with Crippen molar-refractivity contribution >= 4 is 27.3 Å². The molecule has 1 atom stereocenters. The van der Waals surface area contributed by atoms with Crippen LogP contribution in [0, 0.1) is 11.8 Å². The summed E-state index contributed by atoms with van der Waals surface area (Å²) in [4.78, 5) is 1.50. The molecule has 3 heteroatoms. The average Bonchev–Trinajstić information content (AvgIpc) is 2.74. The third-order valence-corrected chi connectivity index (χ3v) is 5.56. The first-order valence-corrected chi connectivity index (χ1v) is 8.30. The fraction of sp³-hybridized carbons (Fsp3) is 0.714. The van der Waals surface area contributed by atoms with E-state index in [1.807, 2.05) is 11.3 Å². The summed E-state index contributed by atoms with van der Waals surface area (Å²) in [6, 6.07) is 5.03. The summed E-state index contributed by atoms with van der Waals surface area (Å²) >= 11 is 5.46. The number of hydrogen-bond acceptors (Lipinski definition) is 2. The summed E-state index contributed by atoms with van der Waals surface area (Å²) in [5.41, 5.74) is 0. The Morgan fingerprint density at radius 3 is 2.59 bits per heavy atom. The average molecular weight is 316 g/mol. The van der Waals surface area contributed by atoms with Crippen LogP contribution in [0.2, 0.25) is 0 Å². The van der Waals surface area contributed by atoms with Gasteiger partial charge in [-0.15, -0.1) is 11.3 Å². The van der Waals surface area contributed by atoms with E-state index in [9.17, 15) is 0 Å². The normalized spacial score (nSPS) is 27.0. The minimum Gasteiger partial charge on any atom is -0.309 e. The van der Waals surface area contributed by atoms with E-state index in [1.54, 1.807) is 0 Å². The summed E-state index contributed by atoms with van der Waals surface area (Å²) in [5.74, 6) is 1.76. The molecule has 1 N–H and O–H groups in total. The lowest BCUT2D eigenvalue weighted by atomic mass is 9.79. The van der Waals surface area contributed by atoms with Crippen LogP contribution in [0.15, 0.2) is 15.9 Å². The topological polar surface area (TPSA) is 12.0 Å². The van der Waals surface area contributed by atoms with E-state index in [2.05, 4.69) is 47.2 Å². The number of halogens is 1. The van der Waals surface area contributed by atoms with Gasteiger partial charge in [0.05, 0.1) is 3.79 Å². The SMILES string of the molecule is CCNC(c1ccc(Br)s1)C1CCC(C)CC1.